The van der Waals surface area contributed by atoms with Crippen LogP contribution in [0.25, 0.3) is 10.4 Å². The van der Waals surface area contributed by atoms with Crippen LogP contribution < -0.4 is 4.90 Å². The Morgan fingerprint density at radius 1 is 1.08 bits per heavy atom. The molecule has 1 spiro atoms. The Labute approximate surface area is 149 Å². The lowest BCUT2D eigenvalue weighted by atomic mass is 9.75. The van der Waals surface area contributed by atoms with Gasteiger partial charge in [0.1, 0.15) is 16.4 Å². The van der Waals surface area contributed by atoms with E-state index in [1.165, 1.54) is 12.1 Å². The van der Waals surface area contributed by atoms with Crippen molar-refractivity contribution >= 4 is 22.4 Å². The number of hydrogen-bond acceptors (Lipinski definition) is 4. The van der Waals surface area contributed by atoms with Crippen LogP contribution in [0.3, 0.4) is 0 Å². The number of ether oxygens (including phenoxy) is 1. The van der Waals surface area contributed by atoms with Crippen molar-refractivity contribution in [3.05, 3.63) is 42.2 Å². The summed E-state index contributed by atoms with van der Waals surface area (Å²) in [6.45, 7) is 3.74. The van der Waals surface area contributed by atoms with Crippen LogP contribution in [0.1, 0.15) is 12.8 Å². The quantitative estimate of drug-likeness (QED) is 0.814. The summed E-state index contributed by atoms with van der Waals surface area (Å²) in [5.74, 6) is 0.232. The lowest BCUT2D eigenvalue weighted by molar-refractivity contribution is -0.0881. The molecule has 4 saturated heterocycles. The van der Waals surface area contributed by atoms with Crippen molar-refractivity contribution in [2.24, 2.45) is 5.92 Å². The largest absolute Gasteiger partial charge is 0.439 e. The predicted octanol–water partition coefficient (Wildman–Crippen LogP) is 3.98. The highest BCUT2D eigenvalue weighted by atomic mass is 32.1. The van der Waals surface area contributed by atoms with Gasteiger partial charge in [-0.15, -0.1) is 11.3 Å². The van der Waals surface area contributed by atoms with Gasteiger partial charge in [0.05, 0.1) is 6.54 Å². The van der Waals surface area contributed by atoms with E-state index in [1.54, 1.807) is 28.4 Å². The summed E-state index contributed by atoms with van der Waals surface area (Å²) in [6.07, 6.45) is 2.00. The van der Waals surface area contributed by atoms with E-state index in [2.05, 4.69) is 4.90 Å². The standard InChI is InChI=1S/C19H19FN2O2S/c20-15-3-1-13(2-4-15)16-5-6-17(25-16)22-12-19(24-18(22)23)11-21-9-7-14(19)8-10-21/h1-6,14H,7-12H2/t19-/m1/s1. The van der Waals surface area contributed by atoms with E-state index in [-0.39, 0.29) is 17.5 Å². The number of hydrogen-bond donors (Lipinski definition) is 0. The van der Waals surface area contributed by atoms with Gasteiger partial charge >= 0.3 is 6.09 Å². The fourth-order valence-electron chi connectivity index (χ4n) is 4.42. The molecule has 4 aliphatic heterocycles. The van der Waals surface area contributed by atoms with E-state index in [0.29, 0.717) is 12.5 Å². The number of fused-ring (bicyclic) bond motifs is 2. The predicted molar refractivity (Wildman–Crippen MR) is 95.4 cm³/mol. The van der Waals surface area contributed by atoms with Gasteiger partial charge in [0.15, 0.2) is 0 Å². The van der Waals surface area contributed by atoms with Crippen molar-refractivity contribution in [3.8, 4) is 10.4 Å². The van der Waals surface area contributed by atoms with E-state index in [9.17, 15) is 9.18 Å². The molecule has 0 saturated carbocycles. The number of thiophene rings is 1. The molecule has 0 unspecified atom stereocenters. The molecule has 1 atom stereocenters. The molecule has 4 fully saturated rings. The number of halogens is 1. The van der Waals surface area contributed by atoms with Crippen LogP contribution in [0.15, 0.2) is 36.4 Å². The third-order valence-electron chi connectivity index (χ3n) is 5.75. The molecule has 2 bridgehead atoms. The lowest BCUT2D eigenvalue weighted by Gasteiger charge is -2.49. The topological polar surface area (TPSA) is 32.8 Å². The summed E-state index contributed by atoms with van der Waals surface area (Å²) in [5.41, 5.74) is 0.621. The summed E-state index contributed by atoms with van der Waals surface area (Å²) < 4.78 is 19.0. The maximum atomic E-state index is 13.1. The minimum Gasteiger partial charge on any atom is -0.439 e. The minimum atomic E-state index is -0.340. The Hall–Kier alpha value is -1.92. The first-order valence-electron chi connectivity index (χ1n) is 8.72. The smallest absolute Gasteiger partial charge is 0.415 e. The number of piperidine rings is 3. The van der Waals surface area contributed by atoms with Crippen molar-refractivity contribution in [1.29, 1.82) is 0 Å². The molecule has 1 aromatic carbocycles. The molecule has 1 aromatic heterocycles. The number of carbonyl (C=O) groups excluding carboxylic acids is 1. The normalized spacial score (nSPS) is 30.9. The zero-order valence-electron chi connectivity index (χ0n) is 13.8. The molecule has 6 rings (SSSR count). The van der Waals surface area contributed by atoms with E-state index in [0.717, 1.165) is 47.9 Å². The second-order valence-electron chi connectivity index (χ2n) is 7.21. The molecule has 0 radical (unpaired) electrons. The molecule has 0 aliphatic carbocycles. The zero-order chi connectivity index (χ0) is 17.0. The Morgan fingerprint density at radius 3 is 2.52 bits per heavy atom. The van der Waals surface area contributed by atoms with Gasteiger partial charge in [0, 0.05) is 17.3 Å². The molecule has 130 valence electrons. The molecule has 4 nitrogen and oxygen atoms in total. The third kappa shape index (κ3) is 2.47. The molecule has 4 aliphatic rings. The van der Waals surface area contributed by atoms with Crippen molar-refractivity contribution in [1.82, 2.24) is 4.90 Å². The van der Waals surface area contributed by atoms with E-state index in [4.69, 9.17) is 4.74 Å². The van der Waals surface area contributed by atoms with E-state index < -0.39 is 0 Å². The molecule has 5 heterocycles. The lowest BCUT2D eigenvalue weighted by Crippen LogP contribution is -2.61. The molecular weight excluding hydrogens is 339 g/mol. The van der Waals surface area contributed by atoms with Gasteiger partial charge in [-0.05, 0) is 55.8 Å². The zero-order valence-corrected chi connectivity index (χ0v) is 14.6. The molecule has 1 amide bonds. The number of amides is 1. The highest BCUT2D eigenvalue weighted by Gasteiger charge is 2.55. The van der Waals surface area contributed by atoms with Crippen molar-refractivity contribution in [2.75, 3.05) is 31.1 Å². The number of anilines is 1. The fourth-order valence-corrected chi connectivity index (χ4v) is 5.42. The van der Waals surface area contributed by atoms with Crippen LogP contribution in [0.4, 0.5) is 14.2 Å². The number of nitrogens with zero attached hydrogens (tertiary/aromatic N) is 2. The second kappa shape index (κ2) is 5.54. The summed E-state index contributed by atoms with van der Waals surface area (Å²) in [4.78, 5) is 17.8. The molecule has 2 aromatic rings. The van der Waals surface area contributed by atoms with Gasteiger partial charge < -0.3 is 4.74 Å². The maximum Gasteiger partial charge on any atom is 0.415 e. The summed E-state index contributed by atoms with van der Waals surface area (Å²) in [7, 11) is 0. The number of carbonyl (C=O) groups is 1. The third-order valence-corrected chi connectivity index (χ3v) is 6.90. The second-order valence-corrected chi connectivity index (χ2v) is 8.28. The summed E-state index contributed by atoms with van der Waals surface area (Å²) in [5, 5.41) is 0.901. The van der Waals surface area contributed by atoms with Gasteiger partial charge in [0.25, 0.3) is 0 Å². The first-order chi connectivity index (χ1) is 12.1. The van der Waals surface area contributed by atoms with E-state index >= 15 is 0 Å². The average Bonchev–Trinajstić information content (AvgIpc) is 3.22. The first-order valence-corrected chi connectivity index (χ1v) is 9.53. The fraction of sp³-hybridized carbons (Fsp3) is 0.421. The number of benzene rings is 1. The minimum absolute atomic E-state index is 0.235. The Bertz CT molecular complexity index is 813. The highest BCUT2D eigenvalue weighted by Crippen LogP contribution is 2.45. The Kier molecular flexibility index (Phi) is 3.40. The van der Waals surface area contributed by atoms with Crippen LogP contribution in [-0.4, -0.2) is 42.8 Å². The van der Waals surface area contributed by atoms with Gasteiger partial charge in [-0.25, -0.2) is 9.18 Å². The molecule has 6 heteroatoms. The van der Waals surface area contributed by atoms with Crippen molar-refractivity contribution in [2.45, 2.75) is 18.4 Å². The van der Waals surface area contributed by atoms with Crippen LogP contribution in [0, 0.1) is 11.7 Å². The van der Waals surface area contributed by atoms with Crippen LogP contribution in [0.5, 0.6) is 0 Å². The van der Waals surface area contributed by atoms with E-state index in [1.807, 2.05) is 12.1 Å². The average molecular weight is 358 g/mol. The molecule has 25 heavy (non-hydrogen) atoms. The highest BCUT2D eigenvalue weighted by molar-refractivity contribution is 7.19. The van der Waals surface area contributed by atoms with Crippen LogP contribution >= 0.6 is 11.3 Å². The Morgan fingerprint density at radius 2 is 1.84 bits per heavy atom. The SMILES string of the molecule is O=C1O[C@]2(CN3CCC2CC3)CN1c1ccc(-c2ccc(F)cc2)s1. The Balaban J connectivity index is 1.41. The van der Waals surface area contributed by atoms with Gasteiger partial charge in [-0.1, -0.05) is 12.1 Å². The first kappa shape index (κ1) is 15.3. The van der Waals surface area contributed by atoms with Gasteiger partial charge in [-0.3, -0.25) is 9.80 Å². The van der Waals surface area contributed by atoms with Crippen LogP contribution in [0.2, 0.25) is 0 Å². The number of rotatable bonds is 2. The van der Waals surface area contributed by atoms with Crippen molar-refractivity contribution in [3.63, 3.8) is 0 Å². The molecular formula is C19H19FN2O2S. The maximum absolute atomic E-state index is 13.1. The monoisotopic (exact) mass is 358 g/mol. The molecule has 0 N–H and O–H groups in total. The van der Waals surface area contributed by atoms with Crippen LogP contribution in [-0.2, 0) is 4.74 Å². The summed E-state index contributed by atoms with van der Waals surface area (Å²) in [6, 6.07) is 10.4. The van der Waals surface area contributed by atoms with Crippen molar-refractivity contribution < 1.29 is 13.9 Å². The summed E-state index contributed by atoms with van der Waals surface area (Å²) >= 11 is 1.55. The van der Waals surface area contributed by atoms with Gasteiger partial charge in [0.2, 0.25) is 0 Å². The van der Waals surface area contributed by atoms with Gasteiger partial charge in [-0.2, -0.15) is 0 Å².